The molecular formula is C20H20N2O4. The molecule has 0 saturated carbocycles. The van der Waals surface area contributed by atoms with Crippen LogP contribution in [0.15, 0.2) is 54.1 Å². The molecule has 134 valence electrons. The van der Waals surface area contributed by atoms with Gasteiger partial charge in [0.1, 0.15) is 5.75 Å². The van der Waals surface area contributed by atoms with Gasteiger partial charge in [0.05, 0.1) is 5.69 Å². The van der Waals surface area contributed by atoms with Gasteiger partial charge in [0.2, 0.25) is 5.91 Å². The lowest BCUT2D eigenvalue weighted by Gasteiger charge is -2.08. The first-order valence-electron chi connectivity index (χ1n) is 7.97. The molecule has 0 saturated heterocycles. The molecule has 0 fully saturated rings. The van der Waals surface area contributed by atoms with Crippen molar-refractivity contribution < 1.29 is 19.5 Å². The molecule has 2 aromatic rings. The van der Waals surface area contributed by atoms with Crippen LogP contribution in [0.3, 0.4) is 0 Å². The Morgan fingerprint density at radius 2 is 1.62 bits per heavy atom. The Kier molecular flexibility index (Phi) is 5.90. The van der Waals surface area contributed by atoms with Crippen molar-refractivity contribution in [3.63, 3.8) is 0 Å². The van der Waals surface area contributed by atoms with E-state index in [9.17, 15) is 19.5 Å². The molecule has 0 heterocycles. The molecule has 3 N–H and O–H groups in total. The number of benzene rings is 2. The summed E-state index contributed by atoms with van der Waals surface area (Å²) in [4.78, 5) is 35.5. The van der Waals surface area contributed by atoms with Crippen LogP contribution in [-0.2, 0) is 9.59 Å². The number of rotatable bonds is 5. The Hall–Kier alpha value is -3.41. The third-order valence-corrected chi connectivity index (χ3v) is 3.66. The number of nitrogens with one attached hydrogen (secondary N) is 2. The van der Waals surface area contributed by atoms with Gasteiger partial charge in [-0.2, -0.15) is 0 Å². The Morgan fingerprint density at radius 3 is 2.23 bits per heavy atom. The quantitative estimate of drug-likeness (QED) is 0.436. The summed E-state index contributed by atoms with van der Waals surface area (Å²) in [6.45, 7) is 4.81. The fraction of sp³-hybridized carbons (Fsp3) is 0.150. The average molecular weight is 352 g/mol. The monoisotopic (exact) mass is 352 g/mol. The highest BCUT2D eigenvalue weighted by molar-refractivity contribution is 6.10. The van der Waals surface area contributed by atoms with Gasteiger partial charge in [-0.1, -0.05) is 6.07 Å². The summed E-state index contributed by atoms with van der Waals surface area (Å²) in [6, 6.07) is 11.3. The molecule has 0 radical (unpaired) electrons. The summed E-state index contributed by atoms with van der Waals surface area (Å²) in [7, 11) is 0. The van der Waals surface area contributed by atoms with Gasteiger partial charge >= 0.3 is 0 Å². The summed E-state index contributed by atoms with van der Waals surface area (Å²) in [5.74, 6) is -1.07. The number of phenols is 1. The molecule has 0 unspecified atom stereocenters. The highest BCUT2D eigenvalue weighted by Gasteiger charge is 2.10. The predicted molar refractivity (Wildman–Crippen MR) is 100 cm³/mol. The van der Waals surface area contributed by atoms with Gasteiger partial charge in [0.25, 0.3) is 5.91 Å². The lowest BCUT2D eigenvalue weighted by Crippen LogP contribution is -2.16. The van der Waals surface area contributed by atoms with Crippen molar-refractivity contribution in [2.45, 2.75) is 20.8 Å². The van der Waals surface area contributed by atoms with Crippen LogP contribution in [0.25, 0.3) is 0 Å². The summed E-state index contributed by atoms with van der Waals surface area (Å²) in [6.07, 6.45) is 1.15. The number of aromatic hydroxyl groups is 1. The van der Waals surface area contributed by atoms with E-state index in [4.69, 9.17) is 0 Å². The van der Waals surface area contributed by atoms with Crippen LogP contribution in [0.2, 0.25) is 0 Å². The van der Waals surface area contributed by atoms with Gasteiger partial charge in [-0.25, -0.2) is 0 Å². The third-order valence-electron chi connectivity index (χ3n) is 3.66. The molecule has 6 nitrogen and oxygen atoms in total. The maximum absolute atomic E-state index is 12.2. The average Bonchev–Trinajstić information content (AvgIpc) is 2.58. The second-order valence-corrected chi connectivity index (χ2v) is 5.92. The number of amides is 2. The SMILES string of the molecule is CC(=O)c1ccc(NC(=O)/C(C)=C\C(=O)Nc2cc(C)ccc2O)cc1. The summed E-state index contributed by atoms with van der Waals surface area (Å²) < 4.78 is 0. The molecule has 0 spiro atoms. The van der Waals surface area contributed by atoms with Crippen molar-refractivity contribution in [1.29, 1.82) is 0 Å². The van der Waals surface area contributed by atoms with E-state index in [1.165, 1.54) is 19.9 Å². The lowest BCUT2D eigenvalue weighted by molar-refractivity contribution is -0.114. The zero-order valence-electron chi connectivity index (χ0n) is 14.8. The molecule has 0 aromatic heterocycles. The normalized spacial score (nSPS) is 11.0. The van der Waals surface area contributed by atoms with E-state index in [0.717, 1.165) is 11.6 Å². The van der Waals surface area contributed by atoms with Crippen molar-refractivity contribution in [3.8, 4) is 5.75 Å². The molecule has 0 aliphatic heterocycles. The number of carbonyl (C=O) groups is 3. The number of anilines is 2. The summed E-state index contributed by atoms with van der Waals surface area (Å²) >= 11 is 0. The Bertz CT molecular complexity index is 883. The smallest absolute Gasteiger partial charge is 0.251 e. The largest absolute Gasteiger partial charge is 0.506 e. The van der Waals surface area contributed by atoms with Crippen LogP contribution < -0.4 is 10.6 Å². The van der Waals surface area contributed by atoms with Gasteiger partial charge in [-0.3, -0.25) is 14.4 Å². The minimum Gasteiger partial charge on any atom is -0.506 e. The molecule has 0 atom stereocenters. The molecule has 2 amide bonds. The summed E-state index contributed by atoms with van der Waals surface area (Å²) in [5, 5.41) is 14.9. The predicted octanol–water partition coefficient (Wildman–Crippen LogP) is 3.43. The highest BCUT2D eigenvalue weighted by atomic mass is 16.3. The van der Waals surface area contributed by atoms with Crippen LogP contribution in [0.4, 0.5) is 11.4 Å². The standard InChI is InChI=1S/C20H20N2O4/c1-12-4-9-18(24)17(10-12)22-19(25)11-13(2)20(26)21-16-7-5-15(6-8-16)14(3)23/h4-11,24H,1-3H3,(H,21,26)(H,22,25)/b13-11-. The Labute approximate surface area is 151 Å². The number of hydrogen-bond acceptors (Lipinski definition) is 4. The maximum Gasteiger partial charge on any atom is 0.251 e. The van der Waals surface area contributed by atoms with E-state index in [0.29, 0.717) is 11.3 Å². The van der Waals surface area contributed by atoms with Crippen molar-refractivity contribution >= 4 is 29.0 Å². The number of carbonyl (C=O) groups excluding carboxylic acids is 3. The Morgan fingerprint density at radius 1 is 0.962 bits per heavy atom. The number of phenolic OH excluding ortho intramolecular Hbond substituents is 1. The van der Waals surface area contributed by atoms with E-state index in [1.807, 2.05) is 6.92 Å². The topological polar surface area (TPSA) is 95.5 Å². The molecule has 0 aliphatic carbocycles. The van der Waals surface area contributed by atoms with Crippen molar-refractivity contribution in [2.75, 3.05) is 10.6 Å². The molecule has 26 heavy (non-hydrogen) atoms. The van der Waals surface area contributed by atoms with Crippen LogP contribution in [0, 0.1) is 6.92 Å². The third kappa shape index (κ3) is 5.04. The van der Waals surface area contributed by atoms with E-state index in [2.05, 4.69) is 10.6 Å². The highest BCUT2D eigenvalue weighted by Crippen LogP contribution is 2.23. The van der Waals surface area contributed by atoms with E-state index < -0.39 is 11.8 Å². The van der Waals surface area contributed by atoms with Gasteiger partial charge in [0.15, 0.2) is 5.78 Å². The zero-order chi connectivity index (χ0) is 19.3. The van der Waals surface area contributed by atoms with E-state index >= 15 is 0 Å². The first-order chi connectivity index (χ1) is 12.3. The molecule has 2 rings (SSSR count). The first-order valence-corrected chi connectivity index (χ1v) is 7.97. The fourth-order valence-electron chi connectivity index (χ4n) is 2.20. The van der Waals surface area contributed by atoms with E-state index in [-0.39, 0.29) is 22.8 Å². The van der Waals surface area contributed by atoms with Crippen molar-refractivity contribution in [1.82, 2.24) is 0 Å². The number of hydrogen-bond donors (Lipinski definition) is 3. The first kappa shape index (κ1) is 18.9. The van der Waals surface area contributed by atoms with Crippen LogP contribution >= 0.6 is 0 Å². The van der Waals surface area contributed by atoms with Gasteiger partial charge in [-0.05, 0) is 62.7 Å². The van der Waals surface area contributed by atoms with Crippen LogP contribution in [0.5, 0.6) is 5.75 Å². The second kappa shape index (κ2) is 8.11. The van der Waals surface area contributed by atoms with Crippen LogP contribution in [-0.4, -0.2) is 22.7 Å². The minimum atomic E-state index is -0.523. The maximum atomic E-state index is 12.2. The molecule has 6 heteroatoms. The number of aryl methyl sites for hydroxylation is 1. The van der Waals surface area contributed by atoms with Gasteiger partial charge in [-0.15, -0.1) is 0 Å². The molecule has 0 bridgehead atoms. The minimum absolute atomic E-state index is 0.0509. The number of Topliss-reactive ketones (excluding diaryl/α,β-unsaturated/α-hetero) is 1. The molecule has 2 aromatic carbocycles. The second-order valence-electron chi connectivity index (χ2n) is 5.92. The van der Waals surface area contributed by atoms with Crippen LogP contribution in [0.1, 0.15) is 29.8 Å². The van der Waals surface area contributed by atoms with E-state index in [1.54, 1.807) is 36.4 Å². The molecular weight excluding hydrogens is 332 g/mol. The molecule has 0 aliphatic rings. The van der Waals surface area contributed by atoms with Crippen molar-refractivity contribution in [3.05, 3.63) is 65.2 Å². The fourth-order valence-corrected chi connectivity index (χ4v) is 2.20. The number of ketones is 1. The van der Waals surface area contributed by atoms with Gasteiger partial charge < -0.3 is 15.7 Å². The van der Waals surface area contributed by atoms with Crippen molar-refractivity contribution in [2.24, 2.45) is 0 Å². The van der Waals surface area contributed by atoms with Gasteiger partial charge in [0, 0.05) is 22.9 Å². The Balaban J connectivity index is 2.03. The zero-order valence-corrected chi connectivity index (χ0v) is 14.8. The summed E-state index contributed by atoms with van der Waals surface area (Å²) in [5.41, 5.74) is 2.42. The lowest BCUT2D eigenvalue weighted by atomic mass is 10.1.